The van der Waals surface area contributed by atoms with Gasteiger partial charge in [-0.2, -0.15) is 0 Å². The van der Waals surface area contributed by atoms with Crippen LogP contribution in [0.5, 0.6) is 0 Å². The molecular formula is C41H27N3O. The molecule has 2 heterocycles. The normalized spacial score (nSPS) is 14.9. The van der Waals surface area contributed by atoms with Gasteiger partial charge >= 0.3 is 0 Å². The van der Waals surface area contributed by atoms with Crippen molar-refractivity contribution < 1.29 is 4.42 Å². The predicted octanol–water partition coefficient (Wildman–Crippen LogP) is 10.1. The summed E-state index contributed by atoms with van der Waals surface area (Å²) in [5.74, 6) is 1.53. The van der Waals surface area contributed by atoms with Gasteiger partial charge in [-0.1, -0.05) is 133 Å². The number of amidine groups is 2. The zero-order chi connectivity index (χ0) is 29.7. The molecule has 9 rings (SSSR count). The highest BCUT2D eigenvalue weighted by Crippen LogP contribution is 2.38. The van der Waals surface area contributed by atoms with Crippen LogP contribution in [0.4, 0.5) is 0 Å². The van der Waals surface area contributed by atoms with Crippen molar-refractivity contribution in [3.8, 4) is 11.1 Å². The van der Waals surface area contributed by atoms with Crippen molar-refractivity contribution in [2.75, 3.05) is 0 Å². The van der Waals surface area contributed by atoms with E-state index in [-0.39, 0.29) is 6.17 Å². The second kappa shape index (κ2) is 10.3. The van der Waals surface area contributed by atoms with Gasteiger partial charge in [0.1, 0.15) is 23.2 Å². The van der Waals surface area contributed by atoms with Crippen LogP contribution in [-0.2, 0) is 0 Å². The minimum Gasteiger partial charge on any atom is -0.456 e. The molecule has 7 aromatic carbocycles. The van der Waals surface area contributed by atoms with E-state index < -0.39 is 0 Å². The molecule has 4 nitrogen and oxygen atoms in total. The minimum atomic E-state index is -0.250. The Morgan fingerprint density at radius 2 is 1.18 bits per heavy atom. The van der Waals surface area contributed by atoms with E-state index in [1.165, 1.54) is 21.7 Å². The number of nitrogens with one attached hydrogen (secondary N) is 1. The largest absolute Gasteiger partial charge is 0.456 e. The first-order chi connectivity index (χ1) is 22.3. The van der Waals surface area contributed by atoms with Crippen LogP contribution in [0.15, 0.2) is 166 Å². The second-order valence-corrected chi connectivity index (χ2v) is 11.4. The zero-order valence-electron chi connectivity index (χ0n) is 24.3. The van der Waals surface area contributed by atoms with Crippen molar-refractivity contribution in [1.82, 2.24) is 5.32 Å². The molecule has 0 fully saturated rings. The van der Waals surface area contributed by atoms with Crippen LogP contribution in [0.1, 0.15) is 22.9 Å². The summed E-state index contributed by atoms with van der Waals surface area (Å²) in [7, 11) is 0. The quantitative estimate of drug-likeness (QED) is 0.226. The van der Waals surface area contributed by atoms with Crippen molar-refractivity contribution in [1.29, 1.82) is 0 Å². The summed E-state index contributed by atoms with van der Waals surface area (Å²) in [5.41, 5.74) is 7.28. The number of nitrogens with zero attached hydrogens (tertiary/aromatic N) is 2. The monoisotopic (exact) mass is 577 g/mol. The summed E-state index contributed by atoms with van der Waals surface area (Å²) in [6.07, 6.45) is -0.250. The maximum Gasteiger partial charge on any atom is 0.159 e. The van der Waals surface area contributed by atoms with E-state index in [4.69, 9.17) is 14.4 Å². The summed E-state index contributed by atoms with van der Waals surface area (Å²) < 4.78 is 6.21. The Bertz CT molecular complexity index is 2460. The third-order valence-electron chi connectivity index (χ3n) is 8.74. The van der Waals surface area contributed by atoms with Gasteiger partial charge in [-0.25, -0.2) is 9.98 Å². The van der Waals surface area contributed by atoms with Gasteiger partial charge in [-0.3, -0.25) is 0 Å². The lowest BCUT2D eigenvalue weighted by molar-refractivity contribution is 0.669. The van der Waals surface area contributed by atoms with Gasteiger partial charge in [0, 0.05) is 21.9 Å². The molecular weight excluding hydrogens is 550 g/mol. The Balaban J connectivity index is 1.21. The lowest BCUT2D eigenvalue weighted by Crippen LogP contribution is -2.33. The van der Waals surface area contributed by atoms with Crippen LogP contribution >= 0.6 is 0 Å². The molecule has 212 valence electrons. The van der Waals surface area contributed by atoms with Crippen LogP contribution in [0.2, 0.25) is 0 Å². The number of furan rings is 1. The Morgan fingerprint density at radius 3 is 2.00 bits per heavy atom. The Kier molecular flexibility index (Phi) is 5.85. The van der Waals surface area contributed by atoms with Crippen molar-refractivity contribution in [2.45, 2.75) is 6.17 Å². The average Bonchev–Trinajstić information content (AvgIpc) is 3.51. The van der Waals surface area contributed by atoms with Gasteiger partial charge in [0.05, 0.1) is 0 Å². The average molecular weight is 578 g/mol. The third kappa shape index (κ3) is 4.30. The minimum absolute atomic E-state index is 0.250. The fraction of sp³-hybridized carbons (Fsp3) is 0.0244. The van der Waals surface area contributed by atoms with Gasteiger partial charge in [-0.15, -0.1) is 0 Å². The Morgan fingerprint density at radius 1 is 0.511 bits per heavy atom. The Labute approximate surface area is 260 Å². The van der Waals surface area contributed by atoms with E-state index in [1.807, 2.05) is 48.5 Å². The van der Waals surface area contributed by atoms with E-state index in [0.29, 0.717) is 0 Å². The first-order valence-corrected chi connectivity index (χ1v) is 15.2. The molecule has 0 bridgehead atoms. The lowest BCUT2D eigenvalue weighted by atomic mass is 9.92. The molecule has 0 amide bonds. The topological polar surface area (TPSA) is 49.9 Å². The van der Waals surface area contributed by atoms with Gasteiger partial charge < -0.3 is 9.73 Å². The van der Waals surface area contributed by atoms with Gasteiger partial charge in [0.25, 0.3) is 0 Å². The van der Waals surface area contributed by atoms with E-state index in [9.17, 15) is 0 Å². The molecule has 0 saturated carbocycles. The van der Waals surface area contributed by atoms with E-state index in [0.717, 1.165) is 61.2 Å². The predicted molar refractivity (Wildman–Crippen MR) is 186 cm³/mol. The fourth-order valence-electron chi connectivity index (χ4n) is 6.58. The molecule has 45 heavy (non-hydrogen) atoms. The number of aliphatic imine (C=N–C) groups is 2. The van der Waals surface area contributed by atoms with Gasteiger partial charge in [0.15, 0.2) is 5.84 Å². The van der Waals surface area contributed by atoms with E-state index in [1.54, 1.807) is 0 Å². The molecule has 1 atom stereocenters. The lowest BCUT2D eigenvalue weighted by Gasteiger charge is -2.24. The molecule has 0 aliphatic carbocycles. The summed E-state index contributed by atoms with van der Waals surface area (Å²) in [6, 6.07) is 52.8. The van der Waals surface area contributed by atoms with Gasteiger partial charge in [-0.05, 0) is 56.4 Å². The van der Waals surface area contributed by atoms with Crippen LogP contribution in [0, 0.1) is 0 Å². The third-order valence-corrected chi connectivity index (χ3v) is 8.74. The molecule has 1 unspecified atom stereocenters. The number of hydrogen-bond donors (Lipinski definition) is 1. The van der Waals surface area contributed by atoms with Crippen molar-refractivity contribution in [3.63, 3.8) is 0 Å². The molecule has 1 aromatic heterocycles. The zero-order valence-corrected chi connectivity index (χ0v) is 24.3. The highest BCUT2D eigenvalue weighted by Gasteiger charge is 2.23. The maximum atomic E-state index is 6.21. The number of para-hydroxylation sites is 1. The highest BCUT2D eigenvalue weighted by atomic mass is 16.3. The number of hydrogen-bond acceptors (Lipinski definition) is 4. The molecule has 0 radical (unpaired) electrons. The van der Waals surface area contributed by atoms with Crippen LogP contribution < -0.4 is 5.32 Å². The Hall–Kier alpha value is -6.00. The van der Waals surface area contributed by atoms with E-state index in [2.05, 4.69) is 108 Å². The smallest absolute Gasteiger partial charge is 0.159 e. The standard InChI is InChI=1S/C41H27N3O/c1-3-11-27(12-4-1)39-42-40(28-13-5-2-6-14-28)44-41(43-39)33-23-22-30(31-15-7-8-16-32(31)33)29-20-19-26-21-24-37-38(35(26)25-29)34-17-9-10-18-36(34)45-37/h1-25,39H,(H,42,43,44). The fourth-order valence-corrected chi connectivity index (χ4v) is 6.58. The molecule has 8 aromatic rings. The summed E-state index contributed by atoms with van der Waals surface area (Å²) >= 11 is 0. The second-order valence-electron chi connectivity index (χ2n) is 11.4. The van der Waals surface area contributed by atoms with Crippen molar-refractivity contribution >= 4 is 55.2 Å². The van der Waals surface area contributed by atoms with Crippen LogP contribution in [-0.4, -0.2) is 11.7 Å². The molecule has 0 spiro atoms. The van der Waals surface area contributed by atoms with Crippen molar-refractivity contribution in [2.24, 2.45) is 9.98 Å². The summed E-state index contributed by atoms with van der Waals surface area (Å²) in [4.78, 5) is 10.1. The molecule has 1 N–H and O–H groups in total. The van der Waals surface area contributed by atoms with E-state index >= 15 is 0 Å². The maximum absolute atomic E-state index is 6.21. The number of rotatable bonds is 4. The highest BCUT2D eigenvalue weighted by molar-refractivity contribution is 6.21. The summed E-state index contributed by atoms with van der Waals surface area (Å²) in [5, 5.41) is 10.6. The SMILES string of the molecule is c1ccc(C2=NC(c3ccccc3)NC(c3ccc(-c4ccc5ccc6oc7ccccc7c6c5c4)c4ccccc34)=N2)cc1. The van der Waals surface area contributed by atoms with Gasteiger partial charge in [0.2, 0.25) is 0 Å². The van der Waals surface area contributed by atoms with Crippen LogP contribution in [0.3, 0.4) is 0 Å². The first kappa shape index (κ1) is 25.5. The molecule has 0 saturated heterocycles. The first-order valence-electron chi connectivity index (χ1n) is 15.2. The number of benzene rings is 7. The van der Waals surface area contributed by atoms with Crippen LogP contribution in [0.25, 0.3) is 54.6 Å². The molecule has 1 aliphatic rings. The summed E-state index contributed by atoms with van der Waals surface area (Å²) in [6.45, 7) is 0. The molecule has 1 aliphatic heterocycles. The number of fused-ring (bicyclic) bond motifs is 6. The molecule has 4 heteroatoms. The van der Waals surface area contributed by atoms with Crippen molar-refractivity contribution in [3.05, 3.63) is 168 Å².